The Bertz CT molecular complexity index is 181. The van der Waals surface area contributed by atoms with Crippen LogP contribution in [0.3, 0.4) is 0 Å². The SMILES string of the molecule is CCCCCCC(C)(C)N1CCN(C)CC1. The molecule has 0 radical (unpaired) electrons. The Kier molecular flexibility index (Phi) is 5.77. The fourth-order valence-electron chi connectivity index (χ4n) is 2.55. The van der Waals surface area contributed by atoms with E-state index < -0.39 is 0 Å². The molecule has 1 aliphatic rings. The number of rotatable bonds is 6. The molecule has 2 heteroatoms. The first kappa shape index (κ1) is 14.0. The minimum atomic E-state index is 0.412. The lowest BCUT2D eigenvalue weighted by atomic mass is 9.93. The summed E-state index contributed by atoms with van der Waals surface area (Å²) in [6, 6.07) is 0. The molecule has 1 saturated heterocycles. The van der Waals surface area contributed by atoms with E-state index in [0.717, 1.165) is 0 Å². The molecule has 0 bridgehead atoms. The van der Waals surface area contributed by atoms with Crippen LogP contribution in [-0.2, 0) is 0 Å². The molecule has 0 aromatic heterocycles. The third kappa shape index (κ3) is 4.42. The maximum absolute atomic E-state index is 2.68. The lowest BCUT2D eigenvalue weighted by Gasteiger charge is -2.43. The van der Waals surface area contributed by atoms with Crippen molar-refractivity contribution < 1.29 is 0 Å². The molecular weight excluding hydrogens is 196 g/mol. The molecule has 0 saturated carbocycles. The largest absolute Gasteiger partial charge is 0.304 e. The third-order valence-corrected chi connectivity index (χ3v) is 4.00. The van der Waals surface area contributed by atoms with Crippen LogP contribution in [0.2, 0.25) is 0 Å². The van der Waals surface area contributed by atoms with Crippen molar-refractivity contribution in [3.8, 4) is 0 Å². The first-order valence-electron chi connectivity index (χ1n) is 7.00. The molecule has 0 atom stereocenters. The van der Waals surface area contributed by atoms with Gasteiger partial charge in [0.05, 0.1) is 0 Å². The fraction of sp³-hybridized carbons (Fsp3) is 1.00. The van der Waals surface area contributed by atoms with Gasteiger partial charge in [0, 0.05) is 31.7 Å². The van der Waals surface area contributed by atoms with Gasteiger partial charge in [-0.1, -0.05) is 32.6 Å². The summed E-state index contributed by atoms with van der Waals surface area (Å²) < 4.78 is 0. The fourth-order valence-corrected chi connectivity index (χ4v) is 2.55. The van der Waals surface area contributed by atoms with Crippen LogP contribution in [0.25, 0.3) is 0 Å². The predicted molar refractivity (Wildman–Crippen MR) is 71.9 cm³/mol. The highest BCUT2D eigenvalue weighted by molar-refractivity contribution is 4.84. The molecule has 1 fully saturated rings. The summed E-state index contributed by atoms with van der Waals surface area (Å²) in [6.07, 6.45) is 6.91. The zero-order chi connectivity index (χ0) is 12.0. The van der Waals surface area contributed by atoms with E-state index in [0.29, 0.717) is 5.54 Å². The summed E-state index contributed by atoms with van der Waals surface area (Å²) in [5.74, 6) is 0. The topological polar surface area (TPSA) is 6.48 Å². The van der Waals surface area contributed by atoms with Gasteiger partial charge in [0.1, 0.15) is 0 Å². The van der Waals surface area contributed by atoms with Crippen molar-refractivity contribution in [2.24, 2.45) is 0 Å². The van der Waals surface area contributed by atoms with Crippen molar-refractivity contribution in [2.75, 3.05) is 33.2 Å². The minimum absolute atomic E-state index is 0.412. The van der Waals surface area contributed by atoms with E-state index >= 15 is 0 Å². The molecule has 1 rings (SSSR count). The number of nitrogens with zero attached hydrogens (tertiary/aromatic N) is 2. The summed E-state index contributed by atoms with van der Waals surface area (Å²) in [5.41, 5.74) is 0.412. The highest BCUT2D eigenvalue weighted by atomic mass is 15.3. The molecule has 0 spiro atoms. The molecule has 1 heterocycles. The van der Waals surface area contributed by atoms with Crippen LogP contribution in [0.5, 0.6) is 0 Å². The summed E-state index contributed by atoms with van der Waals surface area (Å²) in [4.78, 5) is 5.11. The van der Waals surface area contributed by atoms with Crippen molar-refractivity contribution in [1.82, 2.24) is 9.80 Å². The Balaban J connectivity index is 2.26. The van der Waals surface area contributed by atoms with E-state index in [-0.39, 0.29) is 0 Å². The molecule has 0 aliphatic carbocycles. The van der Waals surface area contributed by atoms with Crippen molar-refractivity contribution in [3.05, 3.63) is 0 Å². The van der Waals surface area contributed by atoms with Gasteiger partial charge < -0.3 is 4.90 Å². The monoisotopic (exact) mass is 226 g/mol. The van der Waals surface area contributed by atoms with Crippen molar-refractivity contribution in [2.45, 2.75) is 58.4 Å². The summed E-state index contributed by atoms with van der Waals surface area (Å²) in [6.45, 7) is 12.1. The average molecular weight is 226 g/mol. The number of likely N-dealkylation sites (N-methyl/N-ethyl adjacent to an activating group) is 1. The van der Waals surface area contributed by atoms with Crippen LogP contribution in [0.4, 0.5) is 0 Å². The number of hydrogen-bond acceptors (Lipinski definition) is 2. The third-order valence-electron chi connectivity index (χ3n) is 4.00. The summed E-state index contributed by atoms with van der Waals surface area (Å²) in [7, 11) is 2.23. The Morgan fingerprint density at radius 1 is 0.938 bits per heavy atom. The van der Waals surface area contributed by atoms with Crippen LogP contribution >= 0.6 is 0 Å². The normalized spacial score (nSPS) is 20.2. The van der Waals surface area contributed by atoms with E-state index in [1.807, 2.05) is 0 Å². The quantitative estimate of drug-likeness (QED) is 0.642. The average Bonchev–Trinajstić information content (AvgIpc) is 2.25. The molecule has 1 aliphatic heterocycles. The van der Waals surface area contributed by atoms with E-state index in [4.69, 9.17) is 0 Å². The molecule has 0 amide bonds. The Morgan fingerprint density at radius 2 is 1.56 bits per heavy atom. The van der Waals surface area contributed by atoms with E-state index in [1.165, 1.54) is 58.3 Å². The second-order valence-electron chi connectivity index (χ2n) is 5.91. The zero-order valence-corrected chi connectivity index (χ0v) is 11.8. The first-order valence-corrected chi connectivity index (χ1v) is 7.00. The minimum Gasteiger partial charge on any atom is -0.304 e. The molecule has 0 unspecified atom stereocenters. The van der Waals surface area contributed by atoms with Crippen LogP contribution < -0.4 is 0 Å². The van der Waals surface area contributed by atoms with Crippen LogP contribution in [0.15, 0.2) is 0 Å². The highest BCUT2D eigenvalue weighted by Crippen LogP contribution is 2.23. The molecule has 2 nitrogen and oxygen atoms in total. The Labute approximate surface area is 102 Å². The smallest absolute Gasteiger partial charge is 0.0154 e. The highest BCUT2D eigenvalue weighted by Gasteiger charge is 2.28. The number of hydrogen-bond donors (Lipinski definition) is 0. The van der Waals surface area contributed by atoms with Crippen LogP contribution in [-0.4, -0.2) is 48.6 Å². The maximum atomic E-state index is 2.68. The van der Waals surface area contributed by atoms with E-state index in [2.05, 4.69) is 37.6 Å². The van der Waals surface area contributed by atoms with Crippen LogP contribution in [0.1, 0.15) is 52.9 Å². The molecular formula is C14H30N2. The van der Waals surface area contributed by atoms with Crippen LogP contribution in [0, 0.1) is 0 Å². The standard InChI is InChI=1S/C14H30N2/c1-5-6-7-8-9-14(2,3)16-12-10-15(4)11-13-16/h5-13H2,1-4H3. The van der Waals surface area contributed by atoms with Gasteiger partial charge in [0.15, 0.2) is 0 Å². The Hall–Kier alpha value is -0.0800. The summed E-state index contributed by atoms with van der Waals surface area (Å²) in [5, 5.41) is 0. The van der Waals surface area contributed by atoms with E-state index in [9.17, 15) is 0 Å². The van der Waals surface area contributed by atoms with Gasteiger partial charge in [0.2, 0.25) is 0 Å². The van der Waals surface area contributed by atoms with Gasteiger partial charge in [-0.15, -0.1) is 0 Å². The predicted octanol–water partition coefficient (Wildman–Crippen LogP) is 2.98. The van der Waals surface area contributed by atoms with Crippen molar-refractivity contribution in [3.63, 3.8) is 0 Å². The van der Waals surface area contributed by atoms with Gasteiger partial charge in [-0.25, -0.2) is 0 Å². The lowest BCUT2D eigenvalue weighted by Crippen LogP contribution is -2.53. The molecule has 0 aromatic carbocycles. The van der Waals surface area contributed by atoms with Crippen molar-refractivity contribution >= 4 is 0 Å². The van der Waals surface area contributed by atoms with E-state index in [1.54, 1.807) is 0 Å². The summed E-state index contributed by atoms with van der Waals surface area (Å²) >= 11 is 0. The molecule has 0 aromatic rings. The Morgan fingerprint density at radius 3 is 2.12 bits per heavy atom. The van der Waals surface area contributed by atoms with Gasteiger partial charge in [-0.3, -0.25) is 4.90 Å². The second-order valence-corrected chi connectivity index (χ2v) is 5.91. The lowest BCUT2D eigenvalue weighted by molar-refractivity contribution is 0.0551. The zero-order valence-electron chi connectivity index (χ0n) is 11.8. The van der Waals surface area contributed by atoms with Crippen molar-refractivity contribution in [1.29, 1.82) is 0 Å². The van der Waals surface area contributed by atoms with Gasteiger partial charge in [-0.05, 0) is 27.3 Å². The molecule has 16 heavy (non-hydrogen) atoms. The molecule has 0 N–H and O–H groups in total. The molecule has 96 valence electrons. The number of unbranched alkanes of at least 4 members (excludes halogenated alkanes) is 3. The second kappa shape index (κ2) is 6.61. The first-order chi connectivity index (χ1) is 7.56. The maximum Gasteiger partial charge on any atom is 0.0154 e. The van der Waals surface area contributed by atoms with Gasteiger partial charge in [-0.2, -0.15) is 0 Å². The number of piperazine rings is 1. The van der Waals surface area contributed by atoms with Gasteiger partial charge in [0.25, 0.3) is 0 Å². The van der Waals surface area contributed by atoms with Gasteiger partial charge >= 0.3 is 0 Å².